The Morgan fingerprint density at radius 1 is 1.27 bits per heavy atom. The zero-order valence-electron chi connectivity index (χ0n) is 5.98. The van der Waals surface area contributed by atoms with Gasteiger partial charge in [-0.1, -0.05) is 12.1 Å². The Labute approximate surface area is 74.0 Å². The van der Waals surface area contributed by atoms with Gasteiger partial charge >= 0.3 is 0 Å². The summed E-state index contributed by atoms with van der Waals surface area (Å²) in [5.41, 5.74) is 1.14. The highest BCUT2D eigenvalue weighted by atomic mass is 79.9. The van der Waals surface area contributed by atoms with E-state index in [-0.39, 0.29) is 5.82 Å². The summed E-state index contributed by atoms with van der Waals surface area (Å²) >= 11 is 3.10. The molecule has 1 N–H and O–H groups in total. The van der Waals surface area contributed by atoms with E-state index >= 15 is 0 Å². The molecule has 0 bridgehead atoms. The second-order valence-electron chi connectivity index (χ2n) is 2.26. The smallest absolute Gasteiger partial charge is 0.123 e. The van der Waals surface area contributed by atoms with Crippen molar-refractivity contribution in [3.63, 3.8) is 0 Å². The van der Waals surface area contributed by atoms with Crippen LogP contribution in [0.2, 0.25) is 0 Å². The van der Waals surface area contributed by atoms with Crippen LogP contribution >= 0.6 is 16.1 Å². The maximum Gasteiger partial charge on any atom is 0.123 e. The molecule has 0 aliphatic carbocycles. The van der Waals surface area contributed by atoms with Gasteiger partial charge in [0.25, 0.3) is 0 Å². The van der Waals surface area contributed by atoms with E-state index in [2.05, 4.69) is 20.5 Å². The normalized spacial score (nSPS) is 10.0. The van der Waals surface area contributed by atoms with Crippen LogP contribution in [0.5, 0.6) is 0 Å². The van der Waals surface area contributed by atoms with Crippen LogP contribution in [0.15, 0.2) is 24.3 Å². The van der Waals surface area contributed by atoms with Crippen LogP contribution in [-0.2, 0) is 6.42 Å². The van der Waals surface area contributed by atoms with Gasteiger partial charge in [0, 0.05) is 22.7 Å². The van der Waals surface area contributed by atoms with E-state index in [1.807, 2.05) is 0 Å². The largest absolute Gasteiger partial charge is 0.256 e. The third-order valence-corrected chi connectivity index (χ3v) is 1.82. The minimum atomic E-state index is -0.180. The molecule has 0 fully saturated rings. The van der Waals surface area contributed by atoms with Gasteiger partial charge in [0.15, 0.2) is 0 Å². The minimum absolute atomic E-state index is 0.180. The third kappa shape index (κ3) is 2.99. The van der Waals surface area contributed by atoms with E-state index in [0.717, 1.165) is 18.5 Å². The van der Waals surface area contributed by atoms with E-state index in [1.165, 1.54) is 12.1 Å². The van der Waals surface area contributed by atoms with Crippen molar-refractivity contribution < 1.29 is 4.39 Å². The molecule has 1 aromatic rings. The fourth-order valence-corrected chi connectivity index (χ4v) is 1.04. The summed E-state index contributed by atoms with van der Waals surface area (Å²) in [6.45, 7) is 0.853. The standard InChI is InChI=1S/C8H9BrFN/c9-11-6-5-7-1-3-8(10)4-2-7/h1-4,11H,5-6H2. The molecule has 3 heteroatoms. The second kappa shape index (κ2) is 4.46. The Bertz CT molecular complexity index is 210. The van der Waals surface area contributed by atoms with Gasteiger partial charge in [-0.2, -0.15) is 0 Å². The lowest BCUT2D eigenvalue weighted by Gasteiger charge is -1.98. The van der Waals surface area contributed by atoms with Crippen molar-refractivity contribution in [2.45, 2.75) is 6.42 Å². The molecular weight excluding hydrogens is 209 g/mol. The zero-order valence-corrected chi connectivity index (χ0v) is 7.57. The predicted octanol–water partition coefficient (Wildman–Crippen LogP) is 2.27. The average molecular weight is 218 g/mol. The van der Waals surface area contributed by atoms with Gasteiger partial charge in [0.05, 0.1) is 0 Å². The van der Waals surface area contributed by atoms with Crippen LogP contribution < -0.4 is 4.34 Å². The fourth-order valence-electron chi connectivity index (χ4n) is 0.843. The Hall–Kier alpha value is -0.410. The van der Waals surface area contributed by atoms with Gasteiger partial charge in [-0.3, -0.25) is 4.34 Å². The van der Waals surface area contributed by atoms with Gasteiger partial charge in [0.2, 0.25) is 0 Å². The van der Waals surface area contributed by atoms with Crippen molar-refractivity contribution in [3.8, 4) is 0 Å². The second-order valence-corrected chi connectivity index (χ2v) is 2.82. The Morgan fingerprint density at radius 3 is 2.45 bits per heavy atom. The van der Waals surface area contributed by atoms with Crippen LogP contribution in [0, 0.1) is 5.82 Å². The summed E-state index contributed by atoms with van der Waals surface area (Å²) in [5, 5.41) is 0. The molecule has 11 heavy (non-hydrogen) atoms. The number of rotatable bonds is 3. The van der Waals surface area contributed by atoms with Crippen LogP contribution in [0.1, 0.15) is 5.56 Å². The highest BCUT2D eigenvalue weighted by Crippen LogP contribution is 2.02. The van der Waals surface area contributed by atoms with Gasteiger partial charge in [-0.15, -0.1) is 0 Å². The molecule has 0 unspecified atom stereocenters. The minimum Gasteiger partial charge on any atom is -0.256 e. The number of nitrogens with one attached hydrogen (secondary N) is 1. The van der Waals surface area contributed by atoms with E-state index in [1.54, 1.807) is 12.1 Å². The molecule has 0 radical (unpaired) electrons. The maximum absolute atomic E-state index is 12.4. The summed E-state index contributed by atoms with van der Waals surface area (Å²) in [7, 11) is 0. The maximum atomic E-state index is 12.4. The van der Waals surface area contributed by atoms with Crippen molar-refractivity contribution >= 4 is 16.1 Å². The molecular formula is C8H9BrFN. The van der Waals surface area contributed by atoms with E-state index < -0.39 is 0 Å². The fraction of sp³-hybridized carbons (Fsp3) is 0.250. The molecule has 0 heterocycles. The lowest BCUT2D eigenvalue weighted by Crippen LogP contribution is -2.03. The SMILES string of the molecule is Fc1ccc(CCNBr)cc1. The highest BCUT2D eigenvalue weighted by molar-refractivity contribution is 9.08. The van der Waals surface area contributed by atoms with Gasteiger partial charge in [0.1, 0.15) is 5.82 Å². The van der Waals surface area contributed by atoms with E-state index in [4.69, 9.17) is 0 Å². The summed E-state index contributed by atoms with van der Waals surface area (Å²) in [4.78, 5) is 0. The number of hydrogen-bond donors (Lipinski definition) is 1. The quantitative estimate of drug-likeness (QED) is 0.767. The number of hydrogen-bond acceptors (Lipinski definition) is 1. The van der Waals surface area contributed by atoms with Crippen LogP contribution in [-0.4, -0.2) is 6.54 Å². The number of halogens is 2. The molecule has 1 nitrogen and oxygen atoms in total. The van der Waals surface area contributed by atoms with Crippen LogP contribution in [0.3, 0.4) is 0 Å². The van der Waals surface area contributed by atoms with Crippen LogP contribution in [0.25, 0.3) is 0 Å². The summed E-state index contributed by atoms with van der Waals surface area (Å²) < 4.78 is 15.2. The lowest BCUT2D eigenvalue weighted by molar-refractivity contribution is 0.627. The van der Waals surface area contributed by atoms with Crippen molar-refractivity contribution in [2.75, 3.05) is 6.54 Å². The van der Waals surface area contributed by atoms with Crippen LogP contribution in [0.4, 0.5) is 4.39 Å². The average Bonchev–Trinajstić information content (AvgIpc) is 2.04. The van der Waals surface area contributed by atoms with Gasteiger partial charge in [-0.25, -0.2) is 4.39 Å². The van der Waals surface area contributed by atoms with Crippen molar-refractivity contribution in [3.05, 3.63) is 35.6 Å². The Kier molecular flexibility index (Phi) is 3.52. The third-order valence-electron chi connectivity index (χ3n) is 1.42. The molecule has 0 aliphatic heterocycles. The molecule has 0 aliphatic rings. The van der Waals surface area contributed by atoms with Gasteiger partial charge in [-0.05, 0) is 24.1 Å². The zero-order chi connectivity index (χ0) is 8.10. The van der Waals surface area contributed by atoms with Crippen molar-refractivity contribution in [1.82, 2.24) is 4.34 Å². The summed E-state index contributed by atoms with van der Waals surface area (Å²) in [6, 6.07) is 6.53. The first-order valence-corrected chi connectivity index (χ1v) is 4.20. The number of benzene rings is 1. The van der Waals surface area contributed by atoms with E-state index in [0.29, 0.717) is 0 Å². The first-order valence-electron chi connectivity index (χ1n) is 3.41. The molecule has 0 aromatic heterocycles. The highest BCUT2D eigenvalue weighted by Gasteiger charge is 1.91. The Morgan fingerprint density at radius 2 is 1.91 bits per heavy atom. The predicted molar refractivity (Wildman–Crippen MR) is 47.0 cm³/mol. The van der Waals surface area contributed by atoms with E-state index in [9.17, 15) is 4.39 Å². The topological polar surface area (TPSA) is 12.0 Å². The molecule has 0 saturated heterocycles. The van der Waals surface area contributed by atoms with Crippen molar-refractivity contribution in [1.29, 1.82) is 0 Å². The first kappa shape index (κ1) is 8.68. The Balaban J connectivity index is 2.52. The molecule has 1 aromatic carbocycles. The lowest BCUT2D eigenvalue weighted by atomic mass is 10.1. The summed E-state index contributed by atoms with van der Waals surface area (Å²) in [5.74, 6) is -0.180. The monoisotopic (exact) mass is 217 g/mol. The summed E-state index contributed by atoms with van der Waals surface area (Å²) in [6.07, 6.45) is 0.908. The molecule has 60 valence electrons. The first-order chi connectivity index (χ1) is 5.33. The molecule has 0 atom stereocenters. The van der Waals surface area contributed by atoms with Gasteiger partial charge < -0.3 is 0 Å². The van der Waals surface area contributed by atoms with Crippen molar-refractivity contribution in [2.24, 2.45) is 0 Å². The molecule has 0 amide bonds. The molecule has 1 rings (SSSR count). The molecule has 0 saturated carbocycles. The molecule has 0 spiro atoms.